The third-order valence-corrected chi connectivity index (χ3v) is 8.65. The number of fused-ring (bicyclic) bond motifs is 1. The average Bonchev–Trinajstić information content (AvgIpc) is 2.83. The first kappa shape index (κ1) is 15.8. The highest BCUT2D eigenvalue weighted by molar-refractivity contribution is 6.74. The molecule has 0 amide bonds. The second kappa shape index (κ2) is 5.30. The van der Waals surface area contributed by atoms with Crippen LogP contribution in [0.4, 0.5) is 5.69 Å². The van der Waals surface area contributed by atoms with Gasteiger partial charge < -0.3 is 13.9 Å². The van der Waals surface area contributed by atoms with E-state index in [0.29, 0.717) is 12.4 Å². The predicted molar refractivity (Wildman–Crippen MR) is 81.2 cm³/mol. The lowest BCUT2D eigenvalue weighted by molar-refractivity contribution is -0.385. The molecule has 0 fully saturated rings. The summed E-state index contributed by atoms with van der Waals surface area (Å²) in [6, 6.07) is 3.12. The molecule has 1 aromatic rings. The second-order valence-corrected chi connectivity index (χ2v) is 11.4. The Morgan fingerprint density at radius 3 is 2.48 bits per heavy atom. The number of rotatable bonds is 4. The molecule has 0 bridgehead atoms. The van der Waals surface area contributed by atoms with E-state index in [9.17, 15) is 10.1 Å². The van der Waals surface area contributed by atoms with Crippen molar-refractivity contribution in [1.82, 2.24) is 0 Å². The van der Waals surface area contributed by atoms with Gasteiger partial charge in [0.1, 0.15) is 0 Å². The normalized spacial score (nSPS) is 14.3. The quantitative estimate of drug-likeness (QED) is 0.480. The van der Waals surface area contributed by atoms with Gasteiger partial charge in [-0.25, -0.2) is 0 Å². The summed E-state index contributed by atoms with van der Waals surface area (Å²) in [4.78, 5) is 10.5. The molecule has 0 unspecified atom stereocenters. The van der Waals surface area contributed by atoms with Crippen LogP contribution < -0.4 is 9.47 Å². The molecule has 0 radical (unpaired) electrons. The lowest BCUT2D eigenvalue weighted by Crippen LogP contribution is -2.40. The molecule has 6 nitrogen and oxygen atoms in total. The number of nitro benzene ring substituents is 1. The maximum Gasteiger partial charge on any atom is 0.315 e. The SMILES string of the molecule is CC(C)(C)[Si](C)(C)OCc1ccc([N+](=O)[O-])c2c1OCO2. The van der Waals surface area contributed by atoms with Gasteiger partial charge in [0.25, 0.3) is 0 Å². The standard InChI is InChI=1S/C14H21NO5Si/c1-14(2,3)21(4,5)20-8-10-6-7-11(15(16)17)13-12(10)18-9-19-13/h6-7H,8-9H2,1-5H3. The van der Waals surface area contributed by atoms with Crippen LogP contribution >= 0.6 is 0 Å². The molecule has 1 aliphatic heterocycles. The molecule has 21 heavy (non-hydrogen) atoms. The van der Waals surface area contributed by atoms with Crippen molar-refractivity contribution in [1.29, 1.82) is 0 Å². The van der Waals surface area contributed by atoms with E-state index in [4.69, 9.17) is 13.9 Å². The van der Waals surface area contributed by atoms with Gasteiger partial charge in [0.05, 0.1) is 11.5 Å². The number of hydrogen-bond donors (Lipinski definition) is 0. The van der Waals surface area contributed by atoms with E-state index in [-0.39, 0.29) is 23.3 Å². The molecule has 0 aromatic heterocycles. The topological polar surface area (TPSA) is 70.8 Å². The molecule has 0 saturated heterocycles. The Labute approximate surface area is 125 Å². The highest BCUT2D eigenvalue weighted by atomic mass is 28.4. The van der Waals surface area contributed by atoms with Gasteiger partial charge in [-0.2, -0.15) is 0 Å². The third-order valence-electron chi connectivity index (χ3n) is 4.17. The molecule has 7 heteroatoms. The summed E-state index contributed by atoms with van der Waals surface area (Å²) in [6.45, 7) is 11.2. The average molecular weight is 311 g/mol. The number of benzene rings is 1. The van der Waals surface area contributed by atoms with Crippen molar-refractivity contribution < 1.29 is 18.8 Å². The van der Waals surface area contributed by atoms with E-state index in [1.54, 1.807) is 6.07 Å². The lowest BCUT2D eigenvalue weighted by Gasteiger charge is -2.36. The molecule has 0 atom stereocenters. The molecule has 116 valence electrons. The summed E-state index contributed by atoms with van der Waals surface area (Å²) in [7, 11) is -1.89. The van der Waals surface area contributed by atoms with Crippen LogP contribution in [0.2, 0.25) is 18.1 Å². The van der Waals surface area contributed by atoms with Gasteiger partial charge in [0.2, 0.25) is 12.5 Å². The minimum absolute atomic E-state index is 0.00722. The van der Waals surface area contributed by atoms with Gasteiger partial charge in [-0.15, -0.1) is 0 Å². The highest BCUT2D eigenvalue weighted by Gasteiger charge is 2.38. The molecule has 1 aromatic carbocycles. The van der Waals surface area contributed by atoms with Gasteiger partial charge in [0, 0.05) is 11.6 Å². The zero-order valence-corrected chi connectivity index (χ0v) is 14.1. The minimum atomic E-state index is -1.89. The molecule has 0 aliphatic carbocycles. The molecular weight excluding hydrogens is 290 g/mol. The van der Waals surface area contributed by atoms with Crippen LogP contribution in [0.25, 0.3) is 0 Å². The van der Waals surface area contributed by atoms with Gasteiger partial charge in [0.15, 0.2) is 14.1 Å². The Balaban J connectivity index is 2.24. The summed E-state index contributed by atoms with van der Waals surface area (Å²) in [5.41, 5.74) is 0.719. The predicted octanol–water partition coefficient (Wildman–Crippen LogP) is 3.85. The smallest absolute Gasteiger partial charge is 0.315 e. The van der Waals surface area contributed by atoms with Crippen molar-refractivity contribution in [2.24, 2.45) is 0 Å². The van der Waals surface area contributed by atoms with E-state index in [2.05, 4.69) is 33.9 Å². The number of hydrogen-bond acceptors (Lipinski definition) is 5. The van der Waals surface area contributed by atoms with E-state index >= 15 is 0 Å². The van der Waals surface area contributed by atoms with Gasteiger partial charge in [-0.1, -0.05) is 20.8 Å². The first-order valence-electron chi connectivity index (χ1n) is 6.83. The Hall–Kier alpha value is -1.60. The zero-order chi connectivity index (χ0) is 15.8. The second-order valence-electron chi connectivity index (χ2n) is 6.61. The summed E-state index contributed by atoms with van der Waals surface area (Å²) < 4.78 is 16.7. The van der Waals surface area contributed by atoms with Crippen molar-refractivity contribution in [3.8, 4) is 11.5 Å². The first-order valence-corrected chi connectivity index (χ1v) is 9.74. The van der Waals surface area contributed by atoms with Crippen LogP contribution in [0, 0.1) is 10.1 Å². The number of nitro groups is 1. The highest BCUT2D eigenvalue weighted by Crippen LogP contribution is 2.44. The summed E-state index contributed by atoms with van der Waals surface area (Å²) in [5, 5.41) is 11.1. The van der Waals surface area contributed by atoms with Gasteiger partial charge in [-0.05, 0) is 24.2 Å². The lowest BCUT2D eigenvalue weighted by atomic mass is 10.2. The Morgan fingerprint density at radius 2 is 1.90 bits per heavy atom. The monoisotopic (exact) mass is 311 g/mol. The summed E-state index contributed by atoms with van der Waals surface area (Å²) in [5.74, 6) is 0.638. The van der Waals surface area contributed by atoms with E-state index in [1.165, 1.54) is 6.07 Å². The van der Waals surface area contributed by atoms with Crippen molar-refractivity contribution in [3.63, 3.8) is 0 Å². The maximum absolute atomic E-state index is 11.0. The van der Waals surface area contributed by atoms with Crippen LogP contribution in [0.1, 0.15) is 26.3 Å². The fourth-order valence-corrected chi connectivity index (χ4v) is 2.72. The zero-order valence-electron chi connectivity index (χ0n) is 13.1. The fraction of sp³-hybridized carbons (Fsp3) is 0.571. The largest absolute Gasteiger partial charge is 0.453 e. The Morgan fingerprint density at radius 1 is 1.29 bits per heavy atom. The summed E-state index contributed by atoms with van der Waals surface area (Å²) >= 11 is 0. The minimum Gasteiger partial charge on any atom is -0.453 e. The van der Waals surface area contributed by atoms with Crippen molar-refractivity contribution >= 4 is 14.0 Å². The van der Waals surface area contributed by atoms with Crippen LogP contribution in [-0.4, -0.2) is 20.0 Å². The van der Waals surface area contributed by atoms with Crippen molar-refractivity contribution in [2.45, 2.75) is 45.5 Å². The van der Waals surface area contributed by atoms with Crippen LogP contribution in [-0.2, 0) is 11.0 Å². The van der Waals surface area contributed by atoms with Crippen LogP contribution in [0.15, 0.2) is 12.1 Å². The van der Waals surface area contributed by atoms with Crippen molar-refractivity contribution in [3.05, 3.63) is 27.8 Å². The summed E-state index contributed by atoms with van der Waals surface area (Å²) in [6.07, 6.45) is 0. The Kier molecular flexibility index (Phi) is 3.99. The van der Waals surface area contributed by atoms with E-state index in [0.717, 1.165) is 5.56 Å². The van der Waals surface area contributed by atoms with E-state index in [1.807, 2.05) is 0 Å². The molecule has 2 rings (SSSR count). The van der Waals surface area contributed by atoms with Crippen LogP contribution in [0.5, 0.6) is 11.5 Å². The molecule has 0 N–H and O–H groups in total. The molecule has 0 spiro atoms. The number of nitrogens with zero attached hydrogens (tertiary/aromatic N) is 1. The molecule has 0 saturated carbocycles. The first-order chi connectivity index (χ1) is 9.63. The van der Waals surface area contributed by atoms with Crippen LogP contribution in [0.3, 0.4) is 0 Å². The van der Waals surface area contributed by atoms with Gasteiger partial charge in [-0.3, -0.25) is 10.1 Å². The van der Waals surface area contributed by atoms with Gasteiger partial charge >= 0.3 is 5.69 Å². The molecular formula is C14H21NO5Si. The molecule has 1 aliphatic rings. The maximum atomic E-state index is 11.0. The molecule has 1 heterocycles. The Bertz CT molecular complexity index is 565. The van der Waals surface area contributed by atoms with E-state index < -0.39 is 13.2 Å². The van der Waals surface area contributed by atoms with Crippen molar-refractivity contribution in [2.75, 3.05) is 6.79 Å². The third kappa shape index (κ3) is 3.03. The fourth-order valence-electron chi connectivity index (χ4n) is 1.77. The number of ether oxygens (including phenoxy) is 2.